The van der Waals surface area contributed by atoms with E-state index in [0.717, 1.165) is 25.7 Å². The number of nitrogens with one attached hydrogen (secondary N) is 1. The fourth-order valence-corrected chi connectivity index (χ4v) is 1.97. The van der Waals surface area contributed by atoms with Crippen LogP contribution in [0.5, 0.6) is 5.75 Å². The van der Waals surface area contributed by atoms with Gasteiger partial charge in [-0.1, -0.05) is 24.4 Å². The van der Waals surface area contributed by atoms with Crippen LogP contribution in [0, 0.1) is 0 Å². The highest BCUT2D eigenvalue weighted by atomic mass is 35.5. The molecule has 4 nitrogen and oxygen atoms in total. The summed E-state index contributed by atoms with van der Waals surface area (Å²) in [6, 6.07) is 6.94. The molecule has 0 saturated carbocycles. The lowest BCUT2D eigenvalue weighted by Crippen LogP contribution is -2.46. The molecule has 0 fully saturated rings. The normalized spacial score (nSPS) is 11.2. The number of aliphatic hydroxyl groups excluding tert-OH is 1. The molecule has 0 radical (unpaired) electrons. The molecule has 0 aliphatic carbocycles. The van der Waals surface area contributed by atoms with Gasteiger partial charge in [0.2, 0.25) is 0 Å². The minimum absolute atomic E-state index is 0.139. The highest BCUT2D eigenvalue weighted by molar-refractivity contribution is 6.30. The van der Waals surface area contributed by atoms with Crippen molar-refractivity contribution < 1.29 is 14.6 Å². The summed E-state index contributed by atoms with van der Waals surface area (Å²) in [6.45, 7) is 4.33. The van der Waals surface area contributed by atoms with Crippen LogP contribution in [0.1, 0.15) is 39.5 Å². The number of carbonyl (C=O) groups is 1. The average Bonchev–Trinajstić information content (AvgIpc) is 2.44. The van der Waals surface area contributed by atoms with E-state index in [4.69, 9.17) is 21.4 Å². The van der Waals surface area contributed by atoms with E-state index in [2.05, 4.69) is 5.32 Å². The second-order valence-electron chi connectivity index (χ2n) is 5.46. The van der Waals surface area contributed by atoms with Crippen LogP contribution in [0.15, 0.2) is 24.3 Å². The molecule has 0 unspecified atom stereocenters. The Hall–Kier alpha value is -1.26. The van der Waals surface area contributed by atoms with Crippen LogP contribution < -0.4 is 10.1 Å². The number of hydrogen-bond acceptors (Lipinski definition) is 3. The summed E-state index contributed by atoms with van der Waals surface area (Å²) in [7, 11) is 0. The van der Waals surface area contributed by atoms with Crippen molar-refractivity contribution in [3.63, 3.8) is 0 Å². The molecule has 1 amide bonds. The lowest BCUT2D eigenvalue weighted by Gasteiger charge is -2.25. The summed E-state index contributed by atoms with van der Waals surface area (Å²) in [5.74, 6) is 0.474. The van der Waals surface area contributed by atoms with E-state index in [1.54, 1.807) is 38.1 Å². The second kappa shape index (κ2) is 8.90. The van der Waals surface area contributed by atoms with Crippen LogP contribution >= 0.6 is 11.6 Å². The molecule has 0 spiro atoms. The van der Waals surface area contributed by atoms with E-state index in [9.17, 15) is 4.79 Å². The van der Waals surface area contributed by atoms with Crippen LogP contribution in [-0.2, 0) is 4.79 Å². The largest absolute Gasteiger partial charge is 0.478 e. The highest BCUT2D eigenvalue weighted by Crippen LogP contribution is 2.21. The Bertz CT molecular complexity index is 432. The minimum Gasteiger partial charge on any atom is -0.478 e. The zero-order valence-electron chi connectivity index (χ0n) is 12.7. The summed E-state index contributed by atoms with van der Waals surface area (Å²) in [5, 5.41) is 12.2. The maximum absolute atomic E-state index is 12.1. The van der Waals surface area contributed by atoms with Gasteiger partial charge < -0.3 is 15.2 Å². The molecule has 5 heteroatoms. The highest BCUT2D eigenvalue weighted by Gasteiger charge is 2.29. The van der Waals surface area contributed by atoms with E-state index < -0.39 is 5.60 Å². The number of hydrogen-bond donors (Lipinski definition) is 2. The van der Waals surface area contributed by atoms with Gasteiger partial charge >= 0.3 is 0 Å². The van der Waals surface area contributed by atoms with Gasteiger partial charge in [0.15, 0.2) is 5.60 Å². The van der Waals surface area contributed by atoms with Crippen LogP contribution in [0.2, 0.25) is 5.02 Å². The summed E-state index contributed by atoms with van der Waals surface area (Å²) < 4.78 is 5.71. The van der Waals surface area contributed by atoms with Crippen molar-refractivity contribution in [1.29, 1.82) is 0 Å². The molecule has 0 aromatic heterocycles. The van der Waals surface area contributed by atoms with Crippen molar-refractivity contribution in [2.24, 2.45) is 0 Å². The molecule has 0 bridgehead atoms. The van der Waals surface area contributed by atoms with Crippen molar-refractivity contribution in [3.05, 3.63) is 29.3 Å². The number of carbonyl (C=O) groups excluding carboxylic acids is 1. The van der Waals surface area contributed by atoms with Gasteiger partial charge in [-0.25, -0.2) is 0 Å². The topological polar surface area (TPSA) is 58.6 Å². The lowest BCUT2D eigenvalue weighted by molar-refractivity contribution is -0.134. The molecule has 21 heavy (non-hydrogen) atoms. The molecule has 0 aliphatic rings. The third-order valence-electron chi connectivity index (χ3n) is 3.10. The maximum Gasteiger partial charge on any atom is 0.263 e. The van der Waals surface area contributed by atoms with Gasteiger partial charge in [-0.05, 0) is 51.0 Å². The van der Waals surface area contributed by atoms with Crippen LogP contribution in [0.4, 0.5) is 0 Å². The molecule has 0 heterocycles. The van der Waals surface area contributed by atoms with Gasteiger partial charge in [-0.2, -0.15) is 0 Å². The molecule has 1 aromatic carbocycles. The molecule has 1 aromatic rings. The van der Waals surface area contributed by atoms with Crippen LogP contribution in [0.25, 0.3) is 0 Å². The summed E-state index contributed by atoms with van der Waals surface area (Å²) in [4.78, 5) is 12.1. The zero-order chi connectivity index (χ0) is 15.7. The van der Waals surface area contributed by atoms with Crippen LogP contribution in [0.3, 0.4) is 0 Å². The Labute approximate surface area is 131 Å². The third-order valence-corrected chi connectivity index (χ3v) is 3.36. The Morgan fingerprint density at radius 2 is 1.81 bits per heavy atom. The quantitative estimate of drug-likeness (QED) is 0.688. The Balaban J connectivity index is 2.35. The minimum atomic E-state index is -0.932. The monoisotopic (exact) mass is 313 g/mol. The van der Waals surface area contributed by atoms with Gasteiger partial charge in [0, 0.05) is 18.2 Å². The van der Waals surface area contributed by atoms with Gasteiger partial charge in [0.1, 0.15) is 5.75 Å². The molecule has 2 N–H and O–H groups in total. The standard InChI is InChI=1S/C16H24ClNO3/c1-16(2,21-14-9-7-13(17)8-10-14)15(20)18-11-5-3-4-6-12-19/h7-10,19H,3-6,11-12H2,1-2H3,(H,18,20). The van der Waals surface area contributed by atoms with Crippen molar-refractivity contribution in [2.75, 3.05) is 13.2 Å². The first-order valence-electron chi connectivity index (χ1n) is 7.29. The number of rotatable bonds is 9. The van der Waals surface area contributed by atoms with Crippen molar-refractivity contribution in [1.82, 2.24) is 5.32 Å². The molecular weight excluding hydrogens is 290 g/mol. The Morgan fingerprint density at radius 1 is 1.19 bits per heavy atom. The first-order chi connectivity index (χ1) is 9.95. The average molecular weight is 314 g/mol. The predicted molar refractivity (Wildman–Crippen MR) is 84.7 cm³/mol. The fourth-order valence-electron chi connectivity index (χ4n) is 1.85. The molecule has 118 valence electrons. The van der Waals surface area contributed by atoms with Crippen molar-refractivity contribution in [3.8, 4) is 5.75 Å². The summed E-state index contributed by atoms with van der Waals surface area (Å²) >= 11 is 5.82. The van der Waals surface area contributed by atoms with Gasteiger partial charge in [0.25, 0.3) is 5.91 Å². The van der Waals surface area contributed by atoms with E-state index in [0.29, 0.717) is 17.3 Å². The molecule has 1 rings (SSSR count). The zero-order valence-corrected chi connectivity index (χ0v) is 13.4. The number of aliphatic hydroxyl groups is 1. The van der Waals surface area contributed by atoms with Gasteiger partial charge in [0.05, 0.1) is 0 Å². The van der Waals surface area contributed by atoms with E-state index >= 15 is 0 Å². The first kappa shape index (κ1) is 17.8. The van der Waals surface area contributed by atoms with Gasteiger partial charge in [-0.15, -0.1) is 0 Å². The maximum atomic E-state index is 12.1. The third kappa shape index (κ3) is 6.82. The van der Waals surface area contributed by atoms with E-state index in [-0.39, 0.29) is 12.5 Å². The SMILES string of the molecule is CC(C)(Oc1ccc(Cl)cc1)C(=O)NCCCCCCO. The second-order valence-corrected chi connectivity index (χ2v) is 5.90. The number of halogens is 1. The molecule has 0 aliphatic heterocycles. The first-order valence-corrected chi connectivity index (χ1v) is 7.67. The number of benzene rings is 1. The summed E-state index contributed by atoms with van der Waals surface area (Å²) in [6.07, 6.45) is 3.71. The molecule has 0 atom stereocenters. The predicted octanol–water partition coefficient (Wildman–Crippen LogP) is 3.17. The Kier molecular flexibility index (Phi) is 7.54. The lowest BCUT2D eigenvalue weighted by atomic mass is 10.1. The fraction of sp³-hybridized carbons (Fsp3) is 0.562. The number of ether oxygens (including phenoxy) is 1. The van der Waals surface area contributed by atoms with E-state index in [1.807, 2.05) is 0 Å². The Morgan fingerprint density at radius 3 is 2.43 bits per heavy atom. The molecule has 0 saturated heterocycles. The van der Waals surface area contributed by atoms with E-state index in [1.165, 1.54) is 0 Å². The van der Waals surface area contributed by atoms with Crippen LogP contribution in [-0.4, -0.2) is 29.8 Å². The number of unbranched alkanes of at least 4 members (excludes halogenated alkanes) is 3. The molecular formula is C16H24ClNO3. The summed E-state index contributed by atoms with van der Waals surface area (Å²) in [5.41, 5.74) is -0.932. The van der Waals surface area contributed by atoms with Crippen molar-refractivity contribution in [2.45, 2.75) is 45.1 Å². The smallest absolute Gasteiger partial charge is 0.263 e. The van der Waals surface area contributed by atoms with Gasteiger partial charge in [-0.3, -0.25) is 4.79 Å². The van der Waals surface area contributed by atoms with Crippen molar-refractivity contribution >= 4 is 17.5 Å². The number of amides is 1.